The molecule has 5 rings (SSSR count). The van der Waals surface area contributed by atoms with Crippen molar-refractivity contribution in [1.29, 1.82) is 0 Å². The van der Waals surface area contributed by atoms with Crippen LogP contribution < -0.4 is 5.32 Å². The predicted molar refractivity (Wildman–Crippen MR) is 105 cm³/mol. The molecule has 2 nitrogen and oxygen atoms in total. The van der Waals surface area contributed by atoms with Gasteiger partial charge in [-0.15, -0.1) is 0 Å². The third-order valence-electron chi connectivity index (χ3n) is 10.0. The second-order valence-electron chi connectivity index (χ2n) is 10.9. The Morgan fingerprint density at radius 2 is 1.64 bits per heavy atom. The highest BCUT2D eigenvalue weighted by Gasteiger charge is 2.60. The van der Waals surface area contributed by atoms with Gasteiger partial charge in [0.1, 0.15) is 0 Å². The number of fused-ring (bicyclic) bond motifs is 5. The number of piperazine rings is 1. The van der Waals surface area contributed by atoms with Crippen molar-refractivity contribution in [2.45, 2.75) is 84.1 Å². The van der Waals surface area contributed by atoms with Crippen LogP contribution in [0.5, 0.6) is 0 Å². The maximum atomic E-state index is 3.58. The predicted octanol–water partition coefficient (Wildman–Crippen LogP) is 4.69. The molecule has 1 saturated heterocycles. The van der Waals surface area contributed by atoms with Crippen molar-refractivity contribution in [3.05, 3.63) is 0 Å². The van der Waals surface area contributed by atoms with E-state index in [9.17, 15) is 0 Å². The Morgan fingerprint density at radius 1 is 0.840 bits per heavy atom. The zero-order chi connectivity index (χ0) is 17.1. The smallest absolute Gasteiger partial charge is 0.0133 e. The molecule has 25 heavy (non-hydrogen) atoms. The number of nitrogens with zero attached hydrogens (tertiary/aromatic N) is 1. The van der Waals surface area contributed by atoms with Crippen LogP contribution >= 0.6 is 0 Å². The average molecular weight is 345 g/mol. The van der Waals surface area contributed by atoms with Crippen LogP contribution in [0.15, 0.2) is 0 Å². The molecule has 2 heteroatoms. The standard InChI is InChI=1S/C23H40N2/c1-22-11-8-19-18(7-6-17-5-3-4-10-23(17,19)2)21(22)20(9-12-22)25-15-13-24-14-16-25/h17-21,24H,3-16H2,1-2H3/t17-,18-,19+,20?,21-,22-,23+/m1/s1. The summed E-state index contributed by atoms with van der Waals surface area (Å²) < 4.78 is 0. The SMILES string of the molecule is C[C@@]12CCC(N3CCNCC3)[C@H]1[C@@H]1CC[C@H]3CCCC[C@]3(C)[C@H]1CC2. The summed E-state index contributed by atoms with van der Waals surface area (Å²) in [5.41, 5.74) is 1.35. The largest absolute Gasteiger partial charge is 0.314 e. The molecule has 1 aliphatic heterocycles. The van der Waals surface area contributed by atoms with Crippen LogP contribution in [0.1, 0.15) is 78.1 Å². The third kappa shape index (κ3) is 2.57. The monoisotopic (exact) mass is 344 g/mol. The summed E-state index contributed by atoms with van der Waals surface area (Å²) in [6.45, 7) is 10.4. The lowest BCUT2D eigenvalue weighted by Crippen LogP contribution is -2.57. The Balaban J connectivity index is 1.44. The van der Waals surface area contributed by atoms with E-state index in [1.165, 1.54) is 58.3 Å². The van der Waals surface area contributed by atoms with Crippen LogP contribution in [-0.4, -0.2) is 37.1 Å². The maximum absolute atomic E-state index is 3.58. The number of rotatable bonds is 1. The van der Waals surface area contributed by atoms with Crippen LogP contribution in [-0.2, 0) is 0 Å². The van der Waals surface area contributed by atoms with Crippen LogP contribution in [0, 0.1) is 34.5 Å². The number of nitrogens with one attached hydrogen (secondary N) is 1. The Hall–Kier alpha value is -0.0800. The second-order valence-corrected chi connectivity index (χ2v) is 10.9. The summed E-state index contributed by atoms with van der Waals surface area (Å²) in [5.74, 6) is 4.16. The van der Waals surface area contributed by atoms with E-state index >= 15 is 0 Å². The minimum absolute atomic E-state index is 0.661. The first-order chi connectivity index (χ1) is 12.1. The van der Waals surface area contributed by atoms with Gasteiger partial charge in [0, 0.05) is 32.2 Å². The number of hydrogen-bond donors (Lipinski definition) is 1. The van der Waals surface area contributed by atoms with Gasteiger partial charge in [-0.05, 0) is 85.9 Å². The lowest BCUT2D eigenvalue weighted by Gasteiger charge is -2.61. The highest BCUT2D eigenvalue weighted by atomic mass is 15.2. The van der Waals surface area contributed by atoms with Gasteiger partial charge in [-0.1, -0.05) is 26.7 Å². The Kier molecular flexibility index (Phi) is 4.25. The highest BCUT2D eigenvalue weighted by molar-refractivity contribution is 5.10. The zero-order valence-electron chi connectivity index (χ0n) is 16.7. The van der Waals surface area contributed by atoms with Gasteiger partial charge in [-0.2, -0.15) is 0 Å². The van der Waals surface area contributed by atoms with Crippen LogP contribution in [0.2, 0.25) is 0 Å². The molecule has 4 aliphatic carbocycles. The van der Waals surface area contributed by atoms with E-state index in [-0.39, 0.29) is 0 Å². The third-order valence-corrected chi connectivity index (χ3v) is 10.0. The summed E-state index contributed by atoms with van der Waals surface area (Å²) in [6.07, 6.45) is 15.3. The summed E-state index contributed by atoms with van der Waals surface area (Å²) in [6, 6.07) is 0.906. The van der Waals surface area contributed by atoms with Crippen molar-refractivity contribution in [3.8, 4) is 0 Å². The van der Waals surface area contributed by atoms with E-state index in [2.05, 4.69) is 24.1 Å². The van der Waals surface area contributed by atoms with Crippen molar-refractivity contribution in [2.75, 3.05) is 26.2 Å². The van der Waals surface area contributed by atoms with Crippen LogP contribution in [0.4, 0.5) is 0 Å². The van der Waals surface area contributed by atoms with Crippen molar-refractivity contribution >= 4 is 0 Å². The molecular weight excluding hydrogens is 304 g/mol. The topological polar surface area (TPSA) is 15.3 Å². The van der Waals surface area contributed by atoms with Gasteiger partial charge in [0.15, 0.2) is 0 Å². The molecule has 1 unspecified atom stereocenters. The Bertz CT molecular complexity index is 498. The second kappa shape index (κ2) is 6.23. The van der Waals surface area contributed by atoms with Crippen molar-refractivity contribution < 1.29 is 0 Å². The fraction of sp³-hybridized carbons (Fsp3) is 1.00. The molecule has 1 heterocycles. The van der Waals surface area contributed by atoms with Gasteiger partial charge < -0.3 is 5.32 Å². The molecule has 0 bridgehead atoms. The molecule has 5 fully saturated rings. The molecule has 1 N–H and O–H groups in total. The minimum atomic E-state index is 0.661. The summed E-state index contributed by atoms with van der Waals surface area (Å²) in [7, 11) is 0. The van der Waals surface area contributed by atoms with Crippen molar-refractivity contribution in [2.24, 2.45) is 34.5 Å². The molecule has 7 atom stereocenters. The first-order valence-corrected chi connectivity index (χ1v) is 11.6. The molecule has 0 aromatic heterocycles. The van der Waals surface area contributed by atoms with E-state index in [1.54, 1.807) is 32.1 Å². The average Bonchev–Trinajstić information content (AvgIpc) is 2.99. The molecule has 4 saturated carbocycles. The van der Waals surface area contributed by atoms with Crippen LogP contribution in [0.3, 0.4) is 0 Å². The van der Waals surface area contributed by atoms with Gasteiger partial charge in [0.05, 0.1) is 0 Å². The summed E-state index contributed by atoms with van der Waals surface area (Å²) in [4.78, 5) is 2.91. The fourth-order valence-corrected chi connectivity index (χ4v) is 8.74. The molecule has 142 valence electrons. The van der Waals surface area contributed by atoms with E-state index in [0.29, 0.717) is 10.8 Å². The molecule has 0 radical (unpaired) electrons. The molecule has 0 aromatic carbocycles. The summed E-state index contributed by atoms with van der Waals surface area (Å²) in [5, 5.41) is 3.58. The molecular formula is C23H40N2. The van der Waals surface area contributed by atoms with Gasteiger partial charge >= 0.3 is 0 Å². The lowest BCUT2D eigenvalue weighted by atomic mass is 9.45. The number of hydrogen-bond acceptors (Lipinski definition) is 2. The maximum Gasteiger partial charge on any atom is 0.0133 e. The highest BCUT2D eigenvalue weighted by Crippen LogP contribution is 2.66. The van der Waals surface area contributed by atoms with Crippen molar-refractivity contribution in [1.82, 2.24) is 10.2 Å². The minimum Gasteiger partial charge on any atom is -0.314 e. The van der Waals surface area contributed by atoms with Gasteiger partial charge in [-0.3, -0.25) is 4.90 Å². The Labute approximate surface area is 155 Å². The molecule has 0 amide bonds. The van der Waals surface area contributed by atoms with Crippen LogP contribution in [0.25, 0.3) is 0 Å². The first-order valence-electron chi connectivity index (χ1n) is 11.6. The van der Waals surface area contributed by atoms with E-state index in [1.807, 2.05) is 0 Å². The summed E-state index contributed by atoms with van der Waals surface area (Å²) >= 11 is 0. The zero-order valence-corrected chi connectivity index (χ0v) is 16.7. The molecule has 5 aliphatic rings. The van der Waals surface area contributed by atoms with E-state index in [0.717, 1.165) is 29.7 Å². The normalized spacial score (nSPS) is 53.8. The molecule has 0 spiro atoms. The van der Waals surface area contributed by atoms with Gasteiger partial charge in [0.25, 0.3) is 0 Å². The lowest BCUT2D eigenvalue weighted by molar-refractivity contribution is -0.116. The molecule has 0 aromatic rings. The van der Waals surface area contributed by atoms with E-state index < -0.39 is 0 Å². The fourth-order valence-electron chi connectivity index (χ4n) is 8.74. The van der Waals surface area contributed by atoms with Gasteiger partial charge in [-0.25, -0.2) is 0 Å². The van der Waals surface area contributed by atoms with Gasteiger partial charge in [0.2, 0.25) is 0 Å². The first kappa shape index (κ1) is 17.0. The Morgan fingerprint density at radius 3 is 2.48 bits per heavy atom. The quantitative estimate of drug-likeness (QED) is 0.742. The van der Waals surface area contributed by atoms with E-state index in [4.69, 9.17) is 0 Å². The van der Waals surface area contributed by atoms with Crippen molar-refractivity contribution in [3.63, 3.8) is 0 Å².